The first-order chi connectivity index (χ1) is 10.6. The van der Waals surface area contributed by atoms with Crippen molar-refractivity contribution in [1.82, 2.24) is 5.32 Å². The van der Waals surface area contributed by atoms with E-state index in [1.807, 2.05) is 18.2 Å². The van der Waals surface area contributed by atoms with E-state index in [4.69, 9.17) is 16.3 Å². The van der Waals surface area contributed by atoms with Gasteiger partial charge in [0.2, 0.25) is 0 Å². The van der Waals surface area contributed by atoms with Gasteiger partial charge in [-0.05, 0) is 25.8 Å². The number of halogens is 1. The van der Waals surface area contributed by atoms with Gasteiger partial charge in [0.1, 0.15) is 12.3 Å². The zero-order valence-electron chi connectivity index (χ0n) is 13.0. The van der Waals surface area contributed by atoms with E-state index >= 15 is 0 Å². The van der Waals surface area contributed by atoms with Gasteiger partial charge in [0, 0.05) is 16.6 Å². The van der Waals surface area contributed by atoms with Gasteiger partial charge in [-0.3, -0.25) is 5.32 Å². The summed E-state index contributed by atoms with van der Waals surface area (Å²) in [6, 6.07) is 7.66. The molecule has 0 saturated heterocycles. The van der Waals surface area contributed by atoms with E-state index in [9.17, 15) is 10.2 Å². The second-order valence-corrected chi connectivity index (χ2v) is 6.44. The van der Waals surface area contributed by atoms with Gasteiger partial charge in [-0.2, -0.15) is 0 Å². The van der Waals surface area contributed by atoms with Gasteiger partial charge in [0.15, 0.2) is 0 Å². The zero-order chi connectivity index (χ0) is 15.9. The molecule has 0 spiro atoms. The van der Waals surface area contributed by atoms with Gasteiger partial charge in [0.05, 0.1) is 12.7 Å². The average Bonchev–Trinajstić information content (AvgIpc) is 2.50. The molecular formula is C17H26ClNO3. The Morgan fingerprint density at radius 3 is 2.55 bits per heavy atom. The molecule has 0 radical (unpaired) electrons. The molecule has 0 bridgehead atoms. The minimum Gasteiger partial charge on any atom is -0.390 e. The SMILES string of the molecule is CC(O)C(OCC(O)NC1CCCCC1)c1ccccc1Cl. The van der Waals surface area contributed by atoms with Gasteiger partial charge in [-0.15, -0.1) is 0 Å². The largest absolute Gasteiger partial charge is 0.390 e. The van der Waals surface area contributed by atoms with E-state index in [0.29, 0.717) is 11.1 Å². The van der Waals surface area contributed by atoms with Crippen molar-refractivity contribution in [2.75, 3.05) is 6.61 Å². The molecule has 1 aromatic rings. The summed E-state index contributed by atoms with van der Waals surface area (Å²) in [6.45, 7) is 1.78. The smallest absolute Gasteiger partial charge is 0.128 e. The molecule has 1 aromatic carbocycles. The van der Waals surface area contributed by atoms with Crippen LogP contribution in [0, 0.1) is 0 Å². The number of hydrogen-bond acceptors (Lipinski definition) is 4. The Balaban J connectivity index is 1.87. The van der Waals surface area contributed by atoms with Gasteiger partial charge in [0.25, 0.3) is 0 Å². The highest BCUT2D eigenvalue weighted by molar-refractivity contribution is 6.31. The predicted octanol–water partition coefficient (Wildman–Crippen LogP) is 3.02. The Hall–Kier alpha value is -0.650. The molecular weight excluding hydrogens is 302 g/mol. The summed E-state index contributed by atoms with van der Waals surface area (Å²) in [6.07, 6.45) is 3.91. The summed E-state index contributed by atoms with van der Waals surface area (Å²) in [5.74, 6) is 0. The minimum absolute atomic E-state index is 0.122. The van der Waals surface area contributed by atoms with Crippen molar-refractivity contribution >= 4 is 11.6 Å². The highest BCUT2D eigenvalue weighted by Gasteiger charge is 2.23. The van der Waals surface area contributed by atoms with Gasteiger partial charge >= 0.3 is 0 Å². The number of hydrogen-bond donors (Lipinski definition) is 3. The number of aliphatic hydroxyl groups excluding tert-OH is 2. The fraction of sp³-hybridized carbons (Fsp3) is 0.647. The maximum Gasteiger partial charge on any atom is 0.128 e. The molecule has 1 saturated carbocycles. The van der Waals surface area contributed by atoms with Crippen molar-refractivity contribution in [3.8, 4) is 0 Å². The van der Waals surface area contributed by atoms with Crippen LogP contribution in [0.15, 0.2) is 24.3 Å². The Kier molecular flexibility index (Phi) is 7.12. The quantitative estimate of drug-likeness (QED) is 0.674. The van der Waals surface area contributed by atoms with Crippen LogP contribution < -0.4 is 5.32 Å². The van der Waals surface area contributed by atoms with E-state index in [1.165, 1.54) is 19.3 Å². The van der Waals surface area contributed by atoms with E-state index in [1.54, 1.807) is 13.0 Å². The third-order valence-electron chi connectivity index (χ3n) is 4.12. The highest BCUT2D eigenvalue weighted by atomic mass is 35.5. The number of ether oxygens (including phenoxy) is 1. The third-order valence-corrected chi connectivity index (χ3v) is 4.46. The molecule has 2 rings (SSSR count). The minimum atomic E-state index is -0.730. The maximum atomic E-state index is 10.1. The van der Waals surface area contributed by atoms with Crippen molar-refractivity contribution < 1.29 is 14.9 Å². The summed E-state index contributed by atoms with van der Waals surface area (Å²) >= 11 is 6.16. The summed E-state index contributed by atoms with van der Waals surface area (Å²) < 4.78 is 5.73. The number of aliphatic hydroxyl groups is 2. The van der Waals surface area contributed by atoms with Gasteiger partial charge in [-0.1, -0.05) is 49.1 Å². The Morgan fingerprint density at radius 1 is 1.23 bits per heavy atom. The lowest BCUT2D eigenvalue weighted by molar-refractivity contribution is -0.0723. The molecule has 0 aromatic heterocycles. The van der Waals surface area contributed by atoms with E-state index < -0.39 is 18.4 Å². The lowest BCUT2D eigenvalue weighted by atomic mass is 9.95. The Bertz CT molecular complexity index is 449. The van der Waals surface area contributed by atoms with Crippen molar-refractivity contribution in [3.05, 3.63) is 34.9 Å². The third kappa shape index (κ3) is 5.21. The summed E-state index contributed by atoms with van der Waals surface area (Å²) in [7, 11) is 0. The van der Waals surface area contributed by atoms with Crippen molar-refractivity contribution in [2.45, 2.75) is 63.5 Å². The van der Waals surface area contributed by atoms with E-state index in [2.05, 4.69) is 5.32 Å². The first-order valence-electron chi connectivity index (χ1n) is 8.06. The van der Waals surface area contributed by atoms with Gasteiger partial charge in [-0.25, -0.2) is 0 Å². The van der Waals surface area contributed by atoms with Crippen molar-refractivity contribution in [2.24, 2.45) is 0 Å². The Morgan fingerprint density at radius 2 is 1.91 bits per heavy atom. The topological polar surface area (TPSA) is 61.7 Å². The molecule has 1 fully saturated rings. The fourth-order valence-corrected chi connectivity index (χ4v) is 3.22. The van der Waals surface area contributed by atoms with Crippen LogP contribution in [0.5, 0.6) is 0 Å². The average molecular weight is 328 g/mol. The van der Waals surface area contributed by atoms with Crippen LogP contribution >= 0.6 is 11.6 Å². The van der Waals surface area contributed by atoms with Crippen molar-refractivity contribution in [3.63, 3.8) is 0 Å². The molecule has 3 unspecified atom stereocenters. The second kappa shape index (κ2) is 8.85. The van der Waals surface area contributed by atoms with Crippen LogP contribution in [0.1, 0.15) is 50.7 Å². The zero-order valence-corrected chi connectivity index (χ0v) is 13.8. The van der Waals surface area contributed by atoms with E-state index in [0.717, 1.165) is 18.4 Å². The molecule has 4 nitrogen and oxygen atoms in total. The number of rotatable bonds is 7. The maximum absolute atomic E-state index is 10.1. The lowest BCUT2D eigenvalue weighted by Gasteiger charge is -2.28. The summed E-state index contributed by atoms with van der Waals surface area (Å²) in [4.78, 5) is 0. The van der Waals surface area contributed by atoms with Crippen LogP contribution in [0.3, 0.4) is 0 Å². The molecule has 0 amide bonds. The van der Waals surface area contributed by atoms with Crippen LogP contribution in [-0.4, -0.2) is 35.2 Å². The molecule has 5 heteroatoms. The van der Waals surface area contributed by atoms with E-state index in [-0.39, 0.29) is 6.61 Å². The molecule has 124 valence electrons. The second-order valence-electron chi connectivity index (χ2n) is 6.03. The monoisotopic (exact) mass is 327 g/mol. The molecule has 1 aliphatic rings. The molecule has 3 atom stereocenters. The van der Waals surface area contributed by atoms with Crippen LogP contribution in [0.4, 0.5) is 0 Å². The van der Waals surface area contributed by atoms with Crippen LogP contribution in [0.25, 0.3) is 0 Å². The summed E-state index contributed by atoms with van der Waals surface area (Å²) in [5, 5.41) is 23.8. The highest BCUT2D eigenvalue weighted by Crippen LogP contribution is 2.28. The first-order valence-corrected chi connectivity index (χ1v) is 8.44. The first kappa shape index (κ1) is 17.7. The molecule has 3 N–H and O–H groups in total. The summed E-state index contributed by atoms with van der Waals surface area (Å²) in [5.41, 5.74) is 0.740. The molecule has 22 heavy (non-hydrogen) atoms. The van der Waals surface area contributed by atoms with Crippen LogP contribution in [-0.2, 0) is 4.74 Å². The number of benzene rings is 1. The van der Waals surface area contributed by atoms with Gasteiger partial charge < -0.3 is 14.9 Å². The Labute approximate surface area is 137 Å². The van der Waals surface area contributed by atoms with Crippen molar-refractivity contribution in [1.29, 1.82) is 0 Å². The number of nitrogens with one attached hydrogen (secondary N) is 1. The predicted molar refractivity (Wildman–Crippen MR) is 87.8 cm³/mol. The standard InChI is InChI=1S/C17H26ClNO3/c1-12(20)17(14-9-5-6-10-15(14)18)22-11-16(21)19-13-7-3-2-4-8-13/h5-6,9-10,12-13,16-17,19-21H,2-4,7-8,11H2,1H3. The lowest BCUT2D eigenvalue weighted by Crippen LogP contribution is -2.42. The normalized spacial score (nSPS) is 20.5. The molecule has 0 aliphatic heterocycles. The molecule has 0 heterocycles. The fourth-order valence-electron chi connectivity index (χ4n) is 2.98. The molecule has 1 aliphatic carbocycles. The van der Waals surface area contributed by atoms with Crippen LogP contribution in [0.2, 0.25) is 5.02 Å².